The van der Waals surface area contributed by atoms with Gasteiger partial charge in [-0.25, -0.2) is 0 Å². The Morgan fingerprint density at radius 2 is 1.41 bits per heavy atom. The molecule has 0 amide bonds. The van der Waals surface area contributed by atoms with Crippen LogP contribution < -0.4 is 15.1 Å². The molecule has 1 aliphatic rings. The number of methoxy groups -OCH3 is 1. The van der Waals surface area contributed by atoms with Crippen molar-refractivity contribution >= 4 is 24.7 Å². The van der Waals surface area contributed by atoms with Gasteiger partial charge in [0.15, 0.2) is 6.10 Å². The summed E-state index contributed by atoms with van der Waals surface area (Å²) in [5, 5.41) is 2.18. The number of hydrogen-bond donors (Lipinski definition) is 0. The summed E-state index contributed by atoms with van der Waals surface area (Å²) in [5.74, 6) is 0.427. The Hall–Kier alpha value is -2.97. The van der Waals surface area contributed by atoms with Crippen molar-refractivity contribution in [3.05, 3.63) is 90.5 Å². The quantitative estimate of drug-likeness (QED) is 0.234. The molecule has 0 radical (unpaired) electrons. The zero-order valence-corrected chi connectivity index (χ0v) is 26.3. The molecule has 0 N–H and O–H groups in total. The highest BCUT2D eigenvalue weighted by molar-refractivity contribution is 6.99. The van der Waals surface area contributed by atoms with Gasteiger partial charge in [-0.3, -0.25) is 4.79 Å². The molecule has 0 bridgehead atoms. The van der Waals surface area contributed by atoms with Crippen LogP contribution in [0.2, 0.25) is 5.04 Å². The largest absolute Gasteiger partial charge is 0.497 e. The Bertz CT molecular complexity index is 1200. The van der Waals surface area contributed by atoms with Gasteiger partial charge in [0.1, 0.15) is 18.0 Å². The van der Waals surface area contributed by atoms with E-state index in [1.54, 1.807) is 7.11 Å². The molecule has 0 saturated carbocycles. The van der Waals surface area contributed by atoms with Crippen LogP contribution >= 0.6 is 0 Å². The summed E-state index contributed by atoms with van der Waals surface area (Å²) < 4.78 is 31.4. The molecular weight excluding hydrogens is 532 g/mol. The minimum atomic E-state index is -2.82. The van der Waals surface area contributed by atoms with Crippen LogP contribution in [-0.2, 0) is 30.0 Å². The van der Waals surface area contributed by atoms with Gasteiger partial charge >= 0.3 is 5.97 Å². The molecule has 0 spiro atoms. The Morgan fingerprint density at radius 3 is 1.90 bits per heavy atom. The molecule has 1 heterocycles. The third-order valence-corrected chi connectivity index (χ3v) is 13.1. The predicted octanol–water partition coefficient (Wildman–Crippen LogP) is 5.51. The van der Waals surface area contributed by atoms with E-state index in [0.29, 0.717) is 6.61 Å². The van der Waals surface area contributed by atoms with Gasteiger partial charge in [0.05, 0.1) is 26.4 Å². The second-order valence-electron chi connectivity index (χ2n) is 11.9. The smallest absolute Gasteiger partial charge is 0.303 e. The summed E-state index contributed by atoms with van der Waals surface area (Å²) >= 11 is 0. The first-order valence-corrected chi connectivity index (χ1v) is 16.3. The van der Waals surface area contributed by atoms with Crippen LogP contribution in [0.25, 0.3) is 0 Å². The number of carbonyl (C=O) groups is 1. The second kappa shape index (κ2) is 13.3. The van der Waals surface area contributed by atoms with Crippen molar-refractivity contribution in [1.82, 2.24) is 0 Å². The number of benzene rings is 3. The van der Waals surface area contributed by atoms with Gasteiger partial charge in [0.25, 0.3) is 8.32 Å². The molecule has 1 fully saturated rings. The normalized spacial score (nSPS) is 23.1. The topological polar surface area (TPSA) is 63.2 Å². The van der Waals surface area contributed by atoms with E-state index in [1.807, 2.05) is 43.3 Å². The van der Waals surface area contributed by atoms with E-state index in [0.717, 1.165) is 11.3 Å². The van der Waals surface area contributed by atoms with Crippen molar-refractivity contribution < 1.29 is 28.2 Å². The van der Waals surface area contributed by atoms with Gasteiger partial charge < -0.3 is 23.4 Å². The molecule has 41 heavy (non-hydrogen) atoms. The van der Waals surface area contributed by atoms with Gasteiger partial charge in [-0.2, -0.15) is 0 Å². The van der Waals surface area contributed by atoms with Crippen LogP contribution in [-0.4, -0.2) is 52.4 Å². The highest BCUT2D eigenvalue weighted by Gasteiger charge is 2.52. The molecule has 3 aromatic carbocycles. The summed E-state index contributed by atoms with van der Waals surface area (Å²) in [4.78, 5) is 12.4. The fourth-order valence-electron chi connectivity index (χ4n) is 5.85. The van der Waals surface area contributed by atoms with E-state index >= 15 is 0 Å². The summed E-state index contributed by atoms with van der Waals surface area (Å²) in [6.07, 6.45) is -1.59. The van der Waals surface area contributed by atoms with Crippen molar-refractivity contribution in [3.8, 4) is 5.75 Å². The molecule has 3 aromatic rings. The zero-order chi connectivity index (χ0) is 29.6. The summed E-state index contributed by atoms with van der Waals surface area (Å²) in [6, 6.07) is 28.8. The lowest BCUT2D eigenvalue weighted by molar-refractivity contribution is -0.228. The van der Waals surface area contributed by atoms with Crippen molar-refractivity contribution in [2.75, 3.05) is 13.7 Å². The van der Waals surface area contributed by atoms with Crippen molar-refractivity contribution in [2.45, 2.75) is 77.6 Å². The molecule has 7 heteroatoms. The first-order chi connectivity index (χ1) is 19.6. The van der Waals surface area contributed by atoms with Crippen LogP contribution in [0.1, 0.15) is 47.1 Å². The van der Waals surface area contributed by atoms with Crippen LogP contribution in [0.15, 0.2) is 84.9 Å². The van der Waals surface area contributed by atoms with Gasteiger partial charge in [0.2, 0.25) is 0 Å². The first kappa shape index (κ1) is 31.0. The van der Waals surface area contributed by atoms with E-state index in [4.69, 9.17) is 23.4 Å². The Labute approximate surface area is 246 Å². The van der Waals surface area contributed by atoms with Crippen LogP contribution in [0.4, 0.5) is 0 Å². The molecule has 1 aliphatic heterocycles. The standard InChI is InChI=1S/C34H44O6Si/c1-24-25(2)39-31(33(40-26(3)35)32(24)37-22-27-18-20-28(36-7)21-19-27)23-38-41(34(4,5)6,29-14-10-8-11-15-29)30-16-12-9-13-17-30/h8-21,24-25,31-33H,22-23H2,1-7H3/t24?,25-,31?,32?,33-/m0/s1. The third-order valence-electron chi connectivity index (χ3n) is 8.12. The Kier molecular flexibility index (Phi) is 10.1. The van der Waals surface area contributed by atoms with E-state index in [9.17, 15) is 4.79 Å². The van der Waals surface area contributed by atoms with Crippen molar-refractivity contribution in [1.29, 1.82) is 0 Å². The van der Waals surface area contributed by atoms with E-state index in [2.05, 4.69) is 76.2 Å². The van der Waals surface area contributed by atoms with E-state index in [1.165, 1.54) is 17.3 Å². The van der Waals surface area contributed by atoms with Crippen molar-refractivity contribution in [3.63, 3.8) is 0 Å². The fourth-order valence-corrected chi connectivity index (χ4v) is 10.4. The third kappa shape index (κ3) is 6.92. The second-order valence-corrected chi connectivity index (χ2v) is 16.2. The lowest BCUT2D eigenvalue weighted by Crippen LogP contribution is -2.68. The van der Waals surface area contributed by atoms with Gasteiger partial charge in [-0.05, 0) is 40.0 Å². The summed E-state index contributed by atoms with van der Waals surface area (Å²) in [5.41, 5.74) is 1.01. The number of ether oxygens (including phenoxy) is 4. The fraction of sp³-hybridized carbons (Fsp3) is 0.441. The maximum Gasteiger partial charge on any atom is 0.303 e. The summed E-state index contributed by atoms with van der Waals surface area (Å²) in [7, 11) is -1.17. The highest BCUT2D eigenvalue weighted by Crippen LogP contribution is 2.38. The van der Waals surface area contributed by atoms with Crippen LogP contribution in [0.3, 0.4) is 0 Å². The minimum Gasteiger partial charge on any atom is -0.497 e. The van der Waals surface area contributed by atoms with Gasteiger partial charge in [0, 0.05) is 12.8 Å². The van der Waals surface area contributed by atoms with Crippen LogP contribution in [0, 0.1) is 5.92 Å². The minimum absolute atomic E-state index is 0.00159. The SMILES string of the molecule is COc1ccc(COC2C(C)[C@H](C)OC(CO[Si](c3ccccc3)(c3ccccc3)C(C)(C)C)[C@@H]2OC(C)=O)cc1. The lowest BCUT2D eigenvalue weighted by atomic mass is 9.88. The number of hydrogen-bond acceptors (Lipinski definition) is 6. The zero-order valence-electron chi connectivity index (χ0n) is 25.3. The molecular formula is C34H44O6Si. The molecule has 3 unspecified atom stereocenters. The maximum absolute atomic E-state index is 12.4. The van der Waals surface area contributed by atoms with Crippen LogP contribution in [0.5, 0.6) is 5.75 Å². The molecule has 4 rings (SSSR count). The Balaban J connectivity index is 1.66. The monoisotopic (exact) mass is 576 g/mol. The molecule has 6 nitrogen and oxygen atoms in total. The van der Waals surface area contributed by atoms with E-state index < -0.39 is 20.5 Å². The molecule has 220 valence electrons. The number of esters is 1. The van der Waals surface area contributed by atoms with Gasteiger partial charge in [-0.15, -0.1) is 0 Å². The molecule has 0 aromatic heterocycles. The first-order valence-electron chi connectivity index (χ1n) is 14.4. The van der Waals surface area contributed by atoms with Crippen molar-refractivity contribution in [2.24, 2.45) is 5.92 Å². The Morgan fingerprint density at radius 1 is 0.854 bits per heavy atom. The number of rotatable bonds is 10. The molecule has 0 aliphatic carbocycles. The maximum atomic E-state index is 12.4. The highest BCUT2D eigenvalue weighted by atomic mass is 28.4. The van der Waals surface area contributed by atoms with Gasteiger partial charge in [-0.1, -0.05) is 100 Å². The average Bonchev–Trinajstić information content (AvgIpc) is 2.96. The molecule has 5 atom stereocenters. The average molecular weight is 577 g/mol. The van der Waals surface area contributed by atoms with E-state index in [-0.39, 0.29) is 35.7 Å². The summed E-state index contributed by atoms with van der Waals surface area (Å²) in [6.45, 7) is 13.0. The predicted molar refractivity (Wildman–Crippen MR) is 164 cm³/mol. The number of carbonyl (C=O) groups excluding carboxylic acids is 1. The lowest BCUT2D eigenvalue weighted by Gasteiger charge is -2.47. The molecule has 1 saturated heterocycles.